The predicted octanol–water partition coefficient (Wildman–Crippen LogP) is 3.09. The Labute approximate surface area is 200 Å². The molecule has 4 unspecified atom stereocenters. The molecule has 3 aliphatic heterocycles. The first-order valence-electron chi connectivity index (χ1n) is 10.6. The highest BCUT2D eigenvalue weighted by Crippen LogP contribution is 2.36. The van der Waals surface area contributed by atoms with Gasteiger partial charge in [-0.1, -0.05) is 18.5 Å². The van der Waals surface area contributed by atoms with E-state index in [1.54, 1.807) is 43.4 Å². The Morgan fingerprint density at radius 3 is 2.91 bits per heavy atom. The zero-order chi connectivity index (χ0) is 23.8. The highest BCUT2D eigenvalue weighted by molar-refractivity contribution is 7.12. The summed E-state index contributed by atoms with van der Waals surface area (Å²) in [5.74, 6) is -3.92. The van der Waals surface area contributed by atoms with Crippen LogP contribution in [-0.2, 0) is 0 Å². The average Bonchev–Trinajstić information content (AvgIpc) is 3.15. The van der Waals surface area contributed by atoms with Gasteiger partial charge in [0.25, 0.3) is 11.8 Å². The van der Waals surface area contributed by atoms with Crippen molar-refractivity contribution < 1.29 is 13.6 Å². The van der Waals surface area contributed by atoms with Crippen LogP contribution in [0.1, 0.15) is 39.9 Å². The first-order valence-corrected chi connectivity index (χ1v) is 11.8. The fraction of sp³-hybridized carbons (Fsp3) is 0.524. The number of aromatic nitrogens is 1. The molecule has 1 amide bonds. The van der Waals surface area contributed by atoms with Crippen LogP contribution < -0.4 is 10.6 Å². The van der Waals surface area contributed by atoms with Gasteiger partial charge in [-0.15, -0.1) is 11.3 Å². The summed E-state index contributed by atoms with van der Waals surface area (Å²) in [5.41, 5.74) is 0.167. The molecule has 1 fully saturated rings. The molecule has 4 atom stereocenters. The van der Waals surface area contributed by atoms with Crippen LogP contribution in [0.25, 0.3) is 0 Å². The summed E-state index contributed by atoms with van der Waals surface area (Å²) in [6.07, 6.45) is 7.21. The lowest BCUT2D eigenvalue weighted by Crippen LogP contribution is -2.59. The second-order valence-corrected chi connectivity index (χ2v) is 10.1. The number of piperidine rings is 1. The molecule has 0 radical (unpaired) electrons. The molecule has 4 rings (SSSR count). The molecule has 0 saturated carbocycles. The molecule has 2 N–H and O–H groups in total. The van der Waals surface area contributed by atoms with Crippen LogP contribution in [0.5, 0.6) is 0 Å². The molecule has 33 heavy (non-hydrogen) atoms. The number of rotatable bonds is 5. The van der Waals surface area contributed by atoms with E-state index in [2.05, 4.69) is 25.6 Å². The second-order valence-electron chi connectivity index (χ2n) is 8.45. The quantitative estimate of drug-likeness (QED) is 0.653. The number of nitrogens with zero attached hydrogens (tertiary/aromatic N) is 5. The third-order valence-electron chi connectivity index (χ3n) is 5.78. The number of nitrogens with one attached hydrogen (secondary N) is 2. The zero-order valence-corrected chi connectivity index (χ0v) is 20.1. The van der Waals surface area contributed by atoms with Gasteiger partial charge in [-0.2, -0.15) is 0 Å². The van der Waals surface area contributed by atoms with E-state index in [1.807, 2.05) is 7.05 Å². The van der Waals surface area contributed by atoms with Crippen molar-refractivity contribution in [3.05, 3.63) is 39.1 Å². The molecular weight excluding hydrogens is 472 g/mol. The molecule has 1 saturated heterocycles. The van der Waals surface area contributed by atoms with E-state index in [-0.39, 0.29) is 12.1 Å². The lowest BCUT2D eigenvalue weighted by molar-refractivity contribution is -0.0922. The molecule has 1 aromatic rings. The molecule has 1 aromatic heterocycles. The highest BCUT2D eigenvalue weighted by Gasteiger charge is 2.47. The van der Waals surface area contributed by atoms with Crippen LogP contribution in [0, 0.1) is 12.8 Å². The maximum absolute atomic E-state index is 14.6. The SMILES string of the molecule is Cc1nc(C(=O)N2CC(F)(F)CC(C)C2CNC2N=CC(Cl)=CN2C)c(C2N=CC=CN2)s1. The summed E-state index contributed by atoms with van der Waals surface area (Å²) in [5, 5.41) is 7.52. The number of amides is 1. The minimum absolute atomic E-state index is 0.167. The molecule has 0 spiro atoms. The van der Waals surface area contributed by atoms with Gasteiger partial charge >= 0.3 is 0 Å². The number of aliphatic imine (C=N–C) groups is 2. The summed E-state index contributed by atoms with van der Waals surface area (Å²) in [6.45, 7) is 3.17. The van der Waals surface area contributed by atoms with Crippen molar-refractivity contribution in [2.75, 3.05) is 20.1 Å². The molecule has 0 aliphatic carbocycles. The Kier molecular flexibility index (Phi) is 6.83. The van der Waals surface area contributed by atoms with Gasteiger partial charge in [0.15, 0.2) is 12.5 Å². The standard InChI is InChI=1S/C21H26ClF2N7OS/c1-12-7-21(23,24)11-31(15(12)9-28-20-27-8-14(22)10-30(20)3)19(32)16-17(33-13(2)29-16)18-25-5-4-6-26-18/h4-6,8,10,12,15,18,20,25,28H,7,9,11H2,1-3H3. The van der Waals surface area contributed by atoms with Gasteiger partial charge in [0.2, 0.25) is 0 Å². The summed E-state index contributed by atoms with van der Waals surface area (Å²) in [6, 6.07) is -0.459. The Hall–Kier alpha value is -2.37. The number of likely N-dealkylation sites (tertiary alicyclic amines) is 1. The second kappa shape index (κ2) is 9.47. The van der Waals surface area contributed by atoms with Crippen LogP contribution in [0.15, 0.2) is 33.5 Å². The maximum atomic E-state index is 14.6. The lowest BCUT2D eigenvalue weighted by Gasteiger charge is -2.44. The number of carbonyl (C=O) groups is 1. The fourth-order valence-corrected chi connectivity index (χ4v) is 5.41. The largest absolute Gasteiger partial charge is 0.365 e. The summed E-state index contributed by atoms with van der Waals surface area (Å²) in [4.78, 5) is 30.4. The average molecular weight is 498 g/mol. The van der Waals surface area contributed by atoms with Crippen LogP contribution in [0.4, 0.5) is 8.78 Å². The number of hydrogen-bond acceptors (Lipinski definition) is 8. The third kappa shape index (κ3) is 5.25. The van der Waals surface area contributed by atoms with Crippen molar-refractivity contribution in [3.63, 3.8) is 0 Å². The van der Waals surface area contributed by atoms with Crippen molar-refractivity contribution in [1.29, 1.82) is 0 Å². The van der Waals surface area contributed by atoms with E-state index >= 15 is 0 Å². The minimum Gasteiger partial charge on any atom is -0.365 e. The van der Waals surface area contributed by atoms with Crippen LogP contribution in [0.2, 0.25) is 0 Å². The Morgan fingerprint density at radius 1 is 1.42 bits per heavy atom. The van der Waals surface area contributed by atoms with Gasteiger partial charge in [0.05, 0.1) is 21.5 Å². The molecule has 0 bridgehead atoms. The van der Waals surface area contributed by atoms with E-state index in [9.17, 15) is 13.6 Å². The Balaban J connectivity index is 1.58. The van der Waals surface area contributed by atoms with Gasteiger partial charge in [-0.05, 0) is 25.1 Å². The molecule has 12 heteroatoms. The minimum atomic E-state index is -2.98. The van der Waals surface area contributed by atoms with Crippen molar-refractivity contribution >= 4 is 41.3 Å². The Morgan fingerprint density at radius 2 is 2.21 bits per heavy atom. The van der Waals surface area contributed by atoms with Gasteiger partial charge in [0, 0.05) is 44.7 Å². The maximum Gasteiger partial charge on any atom is 0.274 e. The monoisotopic (exact) mass is 497 g/mol. The van der Waals surface area contributed by atoms with Crippen LogP contribution in [-0.4, -0.2) is 71.5 Å². The number of carbonyl (C=O) groups excluding carboxylic acids is 1. The number of hydrogen-bond donors (Lipinski definition) is 2. The molecule has 4 heterocycles. The van der Waals surface area contributed by atoms with Gasteiger partial charge < -0.3 is 15.1 Å². The summed E-state index contributed by atoms with van der Waals surface area (Å²) >= 11 is 7.31. The smallest absolute Gasteiger partial charge is 0.274 e. The zero-order valence-electron chi connectivity index (χ0n) is 18.5. The lowest BCUT2D eigenvalue weighted by atomic mass is 9.88. The number of aryl methyl sites for hydroxylation is 1. The molecule has 8 nitrogen and oxygen atoms in total. The third-order valence-corrected chi connectivity index (χ3v) is 7.00. The Bertz CT molecular complexity index is 1020. The molecular formula is C21H26ClF2N7OS. The van der Waals surface area contributed by atoms with Crippen molar-refractivity contribution in [2.45, 2.75) is 44.7 Å². The van der Waals surface area contributed by atoms with E-state index in [1.165, 1.54) is 22.5 Å². The fourth-order valence-electron chi connectivity index (χ4n) is 4.28. The number of halogens is 3. The number of thiazole rings is 1. The van der Waals surface area contributed by atoms with Crippen molar-refractivity contribution in [1.82, 2.24) is 25.4 Å². The van der Waals surface area contributed by atoms with Crippen molar-refractivity contribution in [2.24, 2.45) is 15.9 Å². The molecule has 3 aliphatic rings. The van der Waals surface area contributed by atoms with Gasteiger partial charge in [0.1, 0.15) is 5.69 Å². The molecule has 0 aromatic carbocycles. The van der Waals surface area contributed by atoms with Crippen LogP contribution in [0.3, 0.4) is 0 Å². The normalized spacial score (nSPS) is 28.6. The first-order chi connectivity index (χ1) is 15.6. The number of allylic oxidation sites excluding steroid dienone is 2. The first kappa shape index (κ1) is 23.8. The predicted molar refractivity (Wildman–Crippen MR) is 126 cm³/mol. The topological polar surface area (TPSA) is 85.2 Å². The van der Waals surface area contributed by atoms with Gasteiger partial charge in [-0.3, -0.25) is 20.1 Å². The van der Waals surface area contributed by atoms with E-state index in [0.717, 1.165) is 0 Å². The van der Waals surface area contributed by atoms with Crippen molar-refractivity contribution in [3.8, 4) is 0 Å². The number of alkyl halides is 2. The highest BCUT2D eigenvalue weighted by atomic mass is 35.5. The van der Waals surface area contributed by atoms with Crippen LogP contribution >= 0.6 is 22.9 Å². The van der Waals surface area contributed by atoms with E-state index in [4.69, 9.17) is 11.6 Å². The van der Waals surface area contributed by atoms with E-state index < -0.39 is 42.8 Å². The summed E-state index contributed by atoms with van der Waals surface area (Å²) in [7, 11) is 1.81. The van der Waals surface area contributed by atoms with E-state index in [0.29, 0.717) is 21.5 Å². The molecule has 178 valence electrons. The summed E-state index contributed by atoms with van der Waals surface area (Å²) < 4.78 is 29.2. The van der Waals surface area contributed by atoms with Gasteiger partial charge in [-0.25, -0.2) is 13.8 Å².